The molecule has 0 atom stereocenters. The second-order valence-electron chi connectivity index (χ2n) is 3.36. The summed E-state index contributed by atoms with van der Waals surface area (Å²) in [5.41, 5.74) is -0.219. The Morgan fingerprint density at radius 2 is 2.46 bits per heavy atom. The van der Waals surface area contributed by atoms with E-state index in [0.29, 0.717) is 12.4 Å². The number of aromatic amines is 1. The lowest BCUT2D eigenvalue weighted by molar-refractivity contribution is 0.300. The van der Waals surface area contributed by atoms with Crippen molar-refractivity contribution in [2.45, 2.75) is 19.3 Å². The molecule has 0 aromatic carbocycles. The van der Waals surface area contributed by atoms with E-state index < -0.39 is 0 Å². The predicted octanol–water partition coefficient (Wildman–Crippen LogP) is 0.949. The number of nitrogens with one attached hydrogen (secondary N) is 1. The zero-order valence-corrected chi connectivity index (χ0v) is 7.32. The van der Waals surface area contributed by atoms with E-state index in [1.807, 2.05) is 0 Å². The summed E-state index contributed by atoms with van der Waals surface area (Å²) in [6.07, 6.45) is 5.27. The molecule has 0 saturated heterocycles. The van der Waals surface area contributed by atoms with Crippen LogP contribution in [0.2, 0.25) is 0 Å². The summed E-state index contributed by atoms with van der Waals surface area (Å²) in [7, 11) is 0. The molecular weight excluding hydrogens is 168 g/mol. The van der Waals surface area contributed by atoms with Crippen LogP contribution in [-0.2, 0) is 0 Å². The van der Waals surface area contributed by atoms with Crippen LogP contribution in [0.4, 0.5) is 0 Å². The topological polar surface area (TPSA) is 55.0 Å². The molecule has 0 unspecified atom stereocenters. The van der Waals surface area contributed by atoms with Gasteiger partial charge in [-0.05, 0) is 12.3 Å². The maximum absolute atomic E-state index is 10.8. The summed E-state index contributed by atoms with van der Waals surface area (Å²) in [6.45, 7) is 0.690. The van der Waals surface area contributed by atoms with E-state index in [4.69, 9.17) is 4.74 Å². The van der Waals surface area contributed by atoms with E-state index in [-0.39, 0.29) is 5.56 Å². The van der Waals surface area contributed by atoms with Crippen LogP contribution in [0.15, 0.2) is 17.1 Å². The number of H-pyrrole nitrogens is 1. The minimum Gasteiger partial charge on any atom is -0.492 e. The molecule has 1 aliphatic rings. The van der Waals surface area contributed by atoms with Crippen molar-refractivity contribution < 1.29 is 4.74 Å². The molecule has 0 bridgehead atoms. The summed E-state index contributed by atoms with van der Waals surface area (Å²) in [5.74, 6) is 1.42. The van der Waals surface area contributed by atoms with Gasteiger partial charge in [-0.25, -0.2) is 5.10 Å². The first kappa shape index (κ1) is 8.29. The van der Waals surface area contributed by atoms with Gasteiger partial charge in [0.2, 0.25) is 0 Å². The lowest BCUT2D eigenvalue weighted by Gasteiger charge is -2.02. The summed E-state index contributed by atoms with van der Waals surface area (Å²) in [5, 5.41) is 5.93. The van der Waals surface area contributed by atoms with Crippen molar-refractivity contribution in [2.75, 3.05) is 6.61 Å². The maximum Gasteiger partial charge on any atom is 0.267 e. The Balaban J connectivity index is 1.82. The summed E-state index contributed by atoms with van der Waals surface area (Å²) in [4.78, 5) is 10.8. The van der Waals surface area contributed by atoms with Crippen LogP contribution >= 0.6 is 0 Å². The zero-order valence-electron chi connectivity index (χ0n) is 7.32. The normalized spacial score (nSPS) is 15.7. The third-order valence-corrected chi connectivity index (χ3v) is 2.13. The van der Waals surface area contributed by atoms with Gasteiger partial charge in [0.05, 0.1) is 12.8 Å². The van der Waals surface area contributed by atoms with Crippen LogP contribution in [0.3, 0.4) is 0 Å². The summed E-state index contributed by atoms with van der Waals surface area (Å²) < 4.78 is 5.36. The molecule has 1 heterocycles. The molecule has 4 nitrogen and oxygen atoms in total. The van der Waals surface area contributed by atoms with Crippen molar-refractivity contribution in [3.8, 4) is 5.75 Å². The second kappa shape index (κ2) is 3.60. The van der Waals surface area contributed by atoms with Gasteiger partial charge in [-0.15, -0.1) is 0 Å². The largest absolute Gasteiger partial charge is 0.492 e. The van der Waals surface area contributed by atoms with Gasteiger partial charge in [-0.1, -0.05) is 12.8 Å². The molecule has 0 aliphatic heterocycles. The third kappa shape index (κ3) is 2.57. The van der Waals surface area contributed by atoms with Gasteiger partial charge in [0.25, 0.3) is 5.56 Å². The molecular formula is C9H12N2O2. The minimum atomic E-state index is -0.219. The lowest BCUT2D eigenvalue weighted by atomic mass is 10.3. The fraction of sp³-hybridized carbons (Fsp3) is 0.556. The van der Waals surface area contributed by atoms with Crippen LogP contribution < -0.4 is 10.3 Å². The fourth-order valence-electron chi connectivity index (χ4n) is 1.19. The van der Waals surface area contributed by atoms with Crippen LogP contribution in [0, 0.1) is 5.92 Å². The van der Waals surface area contributed by atoms with E-state index in [1.165, 1.54) is 25.1 Å². The van der Waals surface area contributed by atoms with Crippen LogP contribution in [0.1, 0.15) is 19.3 Å². The highest BCUT2D eigenvalue weighted by Gasteiger charge is 2.20. The quantitative estimate of drug-likeness (QED) is 0.750. The van der Waals surface area contributed by atoms with Crippen molar-refractivity contribution in [2.24, 2.45) is 5.92 Å². The second-order valence-corrected chi connectivity index (χ2v) is 3.36. The average molecular weight is 180 g/mol. The van der Waals surface area contributed by atoms with Gasteiger partial charge >= 0.3 is 0 Å². The molecule has 13 heavy (non-hydrogen) atoms. The Kier molecular flexibility index (Phi) is 2.29. The molecule has 0 radical (unpaired) electrons. The molecule has 1 N–H and O–H groups in total. The Labute approximate surface area is 75.9 Å². The predicted molar refractivity (Wildman–Crippen MR) is 47.7 cm³/mol. The zero-order chi connectivity index (χ0) is 9.10. The van der Waals surface area contributed by atoms with Crippen LogP contribution in [0.5, 0.6) is 5.75 Å². The highest BCUT2D eigenvalue weighted by molar-refractivity contribution is 5.12. The molecule has 0 amide bonds. The summed E-state index contributed by atoms with van der Waals surface area (Å²) >= 11 is 0. The number of nitrogens with zero attached hydrogens (tertiary/aromatic N) is 1. The Morgan fingerprint density at radius 3 is 3.15 bits per heavy atom. The smallest absolute Gasteiger partial charge is 0.267 e. The first-order chi connectivity index (χ1) is 6.34. The van der Waals surface area contributed by atoms with Crippen molar-refractivity contribution in [3.05, 3.63) is 22.6 Å². The molecule has 0 spiro atoms. The van der Waals surface area contributed by atoms with E-state index in [0.717, 1.165) is 12.3 Å². The van der Waals surface area contributed by atoms with Gasteiger partial charge < -0.3 is 4.74 Å². The lowest BCUT2D eigenvalue weighted by Crippen LogP contribution is -2.07. The number of ether oxygens (including phenoxy) is 1. The van der Waals surface area contributed by atoms with Gasteiger partial charge in [0.1, 0.15) is 5.75 Å². The van der Waals surface area contributed by atoms with E-state index in [2.05, 4.69) is 10.2 Å². The maximum atomic E-state index is 10.8. The summed E-state index contributed by atoms with van der Waals surface area (Å²) in [6, 6.07) is 1.42. The third-order valence-electron chi connectivity index (χ3n) is 2.13. The highest BCUT2D eigenvalue weighted by atomic mass is 16.5. The molecule has 1 aromatic heterocycles. The van der Waals surface area contributed by atoms with Crippen LogP contribution in [0.25, 0.3) is 0 Å². The average Bonchev–Trinajstić information content (AvgIpc) is 2.88. The molecule has 2 rings (SSSR count). The standard InChI is InChI=1S/C9H12N2O2/c12-9-5-8(6-10-11-9)13-4-3-7-1-2-7/h5-7H,1-4H2,(H,11,12). The Morgan fingerprint density at radius 1 is 1.62 bits per heavy atom. The number of hydrogen-bond acceptors (Lipinski definition) is 3. The molecule has 1 fully saturated rings. The Bertz CT molecular complexity index is 330. The number of hydrogen-bond donors (Lipinski definition) is 1. The van der Waals surface area contributed by atoms with Crippen molar-refractivity contribution in [1.29, 1.82) is 0 Å². The van der Waals surface area contributed by atoms with E-state index in [1.54, 1.807) is 0 Å². The molecule has 4 heteroatoms. The fourth-order valence-corrected chi connectivity index (χ4v) is 1.19. The number of aromatic nitrogens is 2. The van der Waals surface area contributed by atoms with Gasteiger partial charge in [0, 0.05) is 6.07 Å². The van der Waals surface area contributed by atoms with Crippen LogP contribution in [-0.4, -0.2) is 16.8 Å². The highest BCUT2D eigenvalue weighted by Crippen LogP contribution is 2.32. The SMILES string of the molecule is O=c1cc(OCCC2CC2)cn[nH]1. The van der Waals surface area contributed by atoms with Crippen molar-refractivity contribution in [1.82, 2.24) is 10.2 Å². The van der Waals surface area contributed by atoms with Gasteiger partial charge in [0.15, 0.2) is 0 Å². The first-order valence-corrected chi connectivity index (χ1v) is 4.52. The van der Waals surface area contributed by atoms with Crippen molar-refractivity contribution in [3.63, 3.8) is 0 Å². The number of rotatable bonds is 4. The van der Waals surface area contributed by atoms with Crippen molar-refractivity contribution >= 4 is 0 Å². The monoisotopic (exact) mass is 180 g/mol. The molecule has 1 aliphatic carbocycles. The first-order valence-electron chi connectivity index (χ1n) is 4.52. The Hall–Kier alpha value is -1.32. The van der Waals surface area contributed by atoms with E-state index >= 15 is 0 Å². The molecule has 1 saturated carbocycles. The molecule has 1 aromatic rings. The van der Waals surface area contributed by atoms with Gasteiger partial charge in [-0.2, -0.15) is 5.10 Å². The van der Waals surface area contributed by atoms with Gasteiger partial charge in [-0.3, -0.25) is 4.79 Å². The molecule has 70 valence electrons. The van der Waals surface area contributed by atoms with E-state index in [9.17, 15) is 4.79 Å². The minimum absolute atomic E-state index is 0.219.